The van der Waals surface area contributed by atoms with Crippen molar-refractivity contribution in [1.82, 2.24) is 4.90 Å². The van der Waals surface area contributed by atoms with Crippen molar-refractivity contribution in [2.24, 2.45) is 5.73 Å². The van der Waals surface area contributed by atoms with Gasteiger partial charge in [0, 0.05) is 18.1 Å². The third-order valence-corrected chi connectivity index (χ3v) is 4.57. The van der Waals surface area contributed by atoms with Gasteiger partial charge in [0.15, 0.2) is 0 Å². The molecule has 0 aromatic heterocycles. The summed E-state index contributed by atoms with van der Waals surface area (Å²) in [6, 6.07) is 0.780. The Kier molecular flexibility index (Phi) is 5.07. The Labute approximate surface area is 95.2 Å². The molecule has 0 aromatic carbocycles. The summed E-state index contributed by atoms with van der Waals surface area (Å²) in [5.74, 6) is 0. The molecule has 0 radical (unpaired) electrons. The van der Waals surface area contributed by atoms with Crippen molar-refractivity contribution < 1.29 is 0 Å². The molecular formula is C13H28N2. The summed E-state index contributed by atoms with van der Waals surface area (Å²) in [7, 11) is 2.29. The average molecular weight is 212 g/mol. The van der Waals surface area contributed by atoms with Gasteiger partial charge in [0.1, 0.15) is 0 Å². The number of hydrogen-bond acceptors (Lipinski definition) is 2. The molecule has 2 heteroatoms. The van der Waals surface area contributed by atoms with Crippen LogP contribution in [0.15, 0.2) is 0 Å². The lowest BCUT2D eigenvalue weighted by molar-refractivity contribution is 0.0507. The molecule has 0 atom stereocenters. The van der Waals surface area contributed by atoms with E-state index in [1.807, 2.05) is 0 Å². The van der Waals surface area contributed by atoms with Gasteiger partial charge in [-0.3, -0.25) is 4.90 Å². The van der Waals surface area contributed by atoms with E-state index >= 15 is 0 Å². The van der Waals surface area contributed by atoms with Crippen LogP contribution in [0.5, 0.6) is 0 Å². The molecular weight excluding hydrogens is 184 g/mol. The molecule has 1 saturated carbocycles. The summed E-state index contributed by atoms with van der Waals surface area (Å²) in [5.41, 5.74) is 6.25. The third kappa shape index (κ3) is 2.73. The summed E-state index contributed by atoms with van der Waals surface area (Å²) >= 11 is 0. The summed E-state index contributed by atoms with van der Waals surface area (Å²) in [6.45, 7) is 5.35. The van der Waals surface area contributed by atoms with Crippen LogP contribution in [0, 0.1) is 0 Å². The van der Waals surface area contributed by atoms with E-state index in [0.717, 1.165) is 12.6 Å². The lowest BCUT2D eigenvalue weighted by atomic mass is 9.85. The van der Waals surface area contributed by atoms with Crippen molar-refractivity contribution in [1.29, 1.82) is 0 Å². The Morgan fingerprint density at radius 3 is 2.07 bits per heavy atom. The molecule has 1 aliphatic rings. The lowest BCUT2D eigenvalue weighted by Gasteiger charge is -2.46. The quantitative estimate of drug-likeness (QED) is 0.759. The predicted molar refractivity (Wildman–Crippen MR) is 67.0 cm³/mol. The zero-order valence-electron chi connectivity index (χ0n) is 10.8. The van der Waals surface area contributed by atoms with E-state index in [1.54, 1.807) is 0 Å². The fourth-order valence-corrected chi connectivity index (χ4v) is 3.04. The Morgan fingerprint density at radius 2 is 1.67 bits per heavy atom. The number of rotatable bonds is 5. The van der Waals surface area contributed by atoms with Gasteiger partial charge in [-0.2, -0.15) is 0 Å². The van der Waals surface area contributed by atoms with Gasteiger partial charge in [0.05, 0.1) is 0 Å². The van der Waals surface area contributed by atoms with E-state index in [2.05, 4.69) is 25.8 Å². The third-order valence-electron chi connectivity index (χ3n) is 4.57. The van der Waals surface area contributed by atoms with Crippen molar-refractivity contribution in [2.45, 2.75) is 70.4 Å². The van der Waals surface area contributed by atoms with Gasteiger partial charge < -0.3 is 5.73 Å². The molecule has 0 unspecified atom stereocenters. The second-order valence-corrected chi connectivity index (χ2v) is 5.04. The maximum atomic E-state index is 5.99. The molecule has 15 heavy (non-hydrogen) atoms. The minimum Gasteiger partial charge on any atom is -0.329 e. The Morgan fingerprint density at radius 1 is 1.13 bits per heavy atom. The van der Waals surface area contributed by atoms with Crippen molar-refractivity contribution in [3.8, 4) is 0 Å². The van der Waals surface area contributed by atoms with Crippen LogP contribution in [0.2, 0.25) is 0 Å². The van der Waals surface area contributed by atoms with E-state index in [9.17, 15) is 0 Å². The standard InChI is InChI=1S/C13H28N2/c1-4-13(5-2,11-14)15(3)12-9-7-6-8-10-12/h12H,4-11,14H2,1-3H3. The smallest absolute Gasteiger partial charge is 0.0326 e. The predicted octanol–water partition coefficient (Wildman–Crippen LogP) is 2.77. The summed E-state index contributed by atoms with van der Waals surface area (Å²) < 4.78 is 0. The van der Waals surface area contributed by atoms with E-state index in [4.69, 9.17) is 5.73 Å². The molecule has 0 saturated heterocycles. The maximum Gasteiger partial charge on any atom is 0.0326 e. The molecule has 1 aliphatic carbocycles. The van der Waals surface area contributed by atoms with Crippen LogP contribution >= 0.6 is 0 Å². The molecule has 0 aromatic rings. The summed E-state index contributed by atoms with van der Waals surface area (Å²) in [4.78, 5) is 2.59. The van der Waals surface area contributed by atoms with E-state index in [0.29, 0.717) is 0 Å². The van der Waals surface area contributed by atoms with Crippen LogP contribution in [-0.2, 0) is 0 Å². The van der Waals surface area contributed by atoms with Crippen molar-refractivity contribution in [3.05, 3.63) is 0 Å². The molecule has 2 N–H and O–H groups in total. The Balaban J connectivity index is 2.65. The summed E-state index contributed by atoms with van der Waals surface area (Å²) in [6.07, 6.45) is 9.33. The summed E-state index contributed by atoms with van der Waals surface area (Å²) in [5, 5.41) is 0. The zero-order chi connectivity index (χ0) is 11.3. The van der Waals surface area contributed by atoms with Crippen LogP contribution in [0.4, 0.5) is 0 Å². The second kappa shape index (κ2) is 5.86. The van der Waals surface area contributed by atoms with Crippen molar-refractivity contribution in [3.63, 3.8) is 0 Å². The van der Waals surface area contributed by atoms with Crippen LogP contribution in [0.1, 0.15) is 58.8 Å². The van der Waals surface area contributed by atoms with Crippen molar-refractivity contribution >= 4 is 0 Å². The van der Waals surface area contributed by atoms with Gasteiger partial charge in [-0.05, 0) is 32.7 Å². The molecule has 0 heterocycles. The van der Waals surface area contributed by atoms with Crippen molar-refractivity contribution in [2.75, 3.05) is 13.6 Å². The first-order valence-electron chi connectivity index (χ1n) is 6.63. The van der Waals surface area contributed by atoms with E-state index in [-0.39, 0.29) is 5.54 Å². The topological polar surface area (TPSA) is 29.3 Å². The van der Waals surface area contributed by atoms with Gasteiger partial charge >= 0.3 is 0 Å². The van der Waals surface area contributed by atoms with Crippen LogP contribution in [-0.4, -0.2) is 30.1 Å². The molecule has 0 spiro atoms. The van der Waals surface area contributed by atoms with Gasteiger partial charge in [0.25, 0.3) is 0 Å². The molecule has 0 amide bonds. The first-order valence-corrected chi connectivity index (χ1v) is 6.63. The highest BCUT2D eigenvalue weighted by atomic mass is 15.2. The SMILES string of the molecule is CCC(CC)(CN)N(C)C1CCCCC1. The number of likely N-dealkylation sites (N-methyl/N-ethyl adjacent to an activating group) is 1. The Hall–Kier alpha value is -0.0800. The molecule has 1 rings (SSSR count). The van der Waals surface area contributed by atoms with Gasteiger partial charge in [-0.15, -0.1) is 0 Å². The first kappa shape index (κ1) is 13.0. The average Bonchev–Trinajstić information content (AvgIpc) is 2.33. The second-order valence-electron chi connectivity index (χ2n) is 5.04. The van der Waals surface area contributed by atoms with Gasteiger partial charge in [-0.1, -0.05) is 33.1 Å². The highest BCUT2D eigenvalue weighted by Crippen LogP contribution is 2.30. The van der Waals surface area contributed by atoms with Crippen LogP contribution < -0.4 is 5.73 Å². The fourth-order valence-electron chi connectivity index (χ4n) is 3.04. The van der Waals surface area contributed by atoms with Crippen LogP contribution in [0.3, 0.4) is 0 Å². The van der Waals surface area contributed by atoms with Gasteiger partial charge in [0.2, 0.25) is 0 Å². The largest absolute Gasteiger partial charge is 0.329 e. The number of nitrogens with two attached hydrogens (primary N) is 1. The number of hydrogen-bond donors (Lipinski definition) is 1. The van der Waals surface area contributed by atoms with E-state index < -0.39 is 0 Å². The van der Waals surface area contributed by atoms with Gasteiger partial charge in [-0.25, -0.2) is 0 Å². The normalized spacial score (nSPS) is 19.8. The highest BCUT2D eigenvalue weighted by molar-refractivity contribution is 4.92. The molecule has 1 fully saturated rings. The maximum absolute atomic E-state index is 5.99. The molecule has 0 aliphatic heterocycles. The molecule has 2 nitrogen and oxygen atoms in total. The number of nitrogens with zero attached hydrogens (tertiary/aromatic N) is 1. The minimum atomic E-state index is 0.252. The van der Waals surface area contributed by atoms with E-state index in [1.165, 1.54) is 44.9 Å². The molecule has 0 bridgehead atoms. The fraction of sp³-hybridized carbons (Fsp3) is 1.00. The first-order chi connectivity index (χ1) is 7.20. The highest BCUT2D eigenvalue weighted by Gasteiger charge is 2.34. The minimum absolute atomic E-state index is 0.252. The zero-order valence-corrected chi connectivity index (χ0v) is 10.8. The Bertz CT molecular complexity index is 161. The lowest BCUT2D eigenvalue weighted by Crippen LogP contribution is -2.55. The monoisotopic (exact) mass is 212 g/mol. The molecule has 90 valence electrons. The van der Waals surface area contributed by atoms with Crippen LogP contribution in [0.25, 0.3) is 0 Å².